The van der Waals surface area contributed by atoms with E-state index < -0.39 is 0 Å². The molecule has 2 aromatic heterocycles. The summed E-state index contributed by atoms with van der Waals surface area (Å²) in [6.07, 6.45) is 0. The number of nitriles is 1. The molecule has 11 rings (SSSR count). The van der Waals surface area contributed by atoms with Gasteiger partial charge in [0, 0.05) is 61.7 Å². The van der Waals surface area contributed by atoms with E-state index in [2.05, 4.69) is 205 Å². The highest BCUT2D eigenvalue weighted by Gasteiger charge is 2.23. The Kier molecular flexibility index (Phi) is 8.94. The molecule has 5 nitrogen and oxygen atoms in total. The number of nitrogens with zero attached hydrogens (tertiary/aromatic N) is 3. The van der Waals surface area contributed by atoms with Crippen LogP contribution in [0.5, 0.6) is 0 Å². The summed E-state index contributed by atoms with van der Waals surface area (Å²) in [6, 6.07) is 52.9. The largest absolute Gasteiger partial charge is 0.456 e. The van der Waals surface area contributed by atoms with Gasteiger partial charge in [-0.1, -0.05) is 60.7 Å². The molecule has 0 spiro atoms. The van der Waals surface area contributed by atoms with E-state index >= 15 is 0 Å². The van der Waals surface area contributed by atoms with Crippen LogP contribution in [0.4, 0.5) is 34.1 Å². The molecule has 0 bridgehead atoms. The maximum Gasteiger partial charge on any atom is 0.140 e. The quantitative estimate of drug-likeness (QED) is 0.167. The maximum absolute atomic E-state index is 11.0. The molecule has 0 aliphatic carbocycles. The minimum atomic E-state index is 0.559. The Labute approximate surface area is 373 Å². The summed E-state index contributed by atoms with van der Waals surface area (Å²) in [6.45, 7) is 17.3. The van der Waals surface area contributed by atoms with Crippen molar-refractivity contribution in [1.29, 1.82) is 5.26 Å². The van der Waals surface area contributed by atoms with Crippen LogP contribution in [0.15, 0.2) is 148 Å². The Morgan fingerprint density at radius 3 is 1.06 bits per heavy atom. The molecule has 64 heavy (non-hydrogen) atoms. The second-order valence-corrected chi connectivity index (χ2v) is 17.9. The predicted octanol–water partition coefficient (Wildman–Crippen LogP) is 17.1. The van der Waals surface area contributed by atoms with Gasteiger partial charge in [0.1, 0.15) is 28.4 Å². The van der Waals surface area contributed by atoms with E-state index in [1.807, 2.05) is 6.07 Å². The molecule has 11 aromatic rings. The lowest BCUT2D eigenvalue weighted by Gasteiger charge is -2.29. The van der Waals surface area contributed by atoms with Gasteiger partial charge in [-0.25, -0.2) is 0 Å². The molecule has 5 heteroatoms. The fraction of sp³-hybridized carbons (Fsp3) is 0.136. The van der Waals surface area contributed by atoms with Gasteiger partial charge < -0.3 is 18.6 Å². The van der Waals surface area contributed by atoms with Gasteiger partial charge in [-0.2, -0.15) is 5.26 Å². The van der Waals surface area contributed by atoms with Crippen molar-refractivity contribution < 1.29 is 8.83 Å². The van der Waals surface area contributed by atoms with Crippen LogP contribution in [-0.4, -0.2) is 0 Å². The molecule has 0 aliphatic rings. The van der Waals surface area contributed by atoms with Gasteiger partial charge in [-0.05, 0) is 194 Å². The van der Waals surface area contributed by atoms with Crippen LogP contribution in [0, 0.1) is 66.7 Å². The van der Waals surface area contributed by atoms with E-state index in [1.54, 1.807) is 0 Å². The minimum Gasteiger partial charge on any atom is -0.456 e. The summed E-state index contributed by atoms with van der Waals surface area (Å²) in [7, 11) is 0. The van der Waals surface area contributed by atoms with Crippen molar-refractivity contribution in [2.24, 2.45) is 0 Å². The van der Waals surface area contributed by atoms with Crippen LogP contribution in [0.3, 0.4) is 0 Å². The standard InChI is InChI=1S/C59H47N3O2/c1-33-9-13-37(5)50(21-33)61(51-22-34(2)10-14-38(51)6)45-19-17-41-27-47-54(29-43(41)25-45)63-56-31-57-59(49(32-60)58(47)56)48-28-42-18-20-46(26-44(42)30-55(48)64-57)62(52-23-35(3)11-15-39(52)7)53-24-36(4)12-16-40(53)8/h9-31H,1-8H3. The van der Waals surface area contributed by atoms with E-state index in [0.29, 0.717) is 16.7 Å². The van der Waals surface area contributed by atoms with Crippen LogP contribution in [0.1, 0.15) is 50.1 Å². The average Bonchev–Trinajstić information content (AvgIpc) is 3.82. The molecule has 0 amide bonds. The van der Waals surface area contributed by atoms with Crippen molar-refractivity contribution in [3.8, 4) is 6.07 Å². The Morgan fingerprint density at radius 1 is 0.359 bits per heavy atom. The number of hydrogen-bond donors (Lipinski definition) is 0. The average molecular weight is 830 g/mol. The van der Waals surface area contributed by atoms with Crippen LogP contribution >= 0.6 is 0 Å². The zero-order chi connectivity index (χ0) is 44.1. The summed E-state index contributed by atoms with van der Waals surface area (Å²) in [4.78, 5) is 4.74. The highest BCUT2D eigenvalue weighted by molar-refractivity contribution is 6.22. The first-order valence-corrected chi connectivity index (χ1v) is 21.9. The highest BCUT2D eigenvalue weighted by Crippen LogP contribution is 2.46. The summed E-state index contributed by atoms with van der Waals surface area (Å²) < 4.78 is 13.3. The van der Waals surface area contributed by atoms with Crippen LogP contribution < -0.4 is 9.80 Å². The number of fused-ring (bicyclic) bond motifs is 8. The van der Waals surface area contributed by atoms with Gasteiger partial charge in [0.25, 0.3) is 0 Å². The van der Waals surface area contributed by atoms with E-state index in [-0.39, 0.29) is 0 Å². The topological polar surface area (TPSA) is 56.6 Å². The van der Waals surface area contributed by atoms with Crippen LogP contribution in [0.25, 0.3) is 65.4 Å². The summed E-state index contributed by atoms with van der Waals surface area (Å²) in [5.41, 5.74) is 19.6. The van der Waals surface area contributed by atoms with Gasteiger partial charge in [-0.3, -0.25) is 0 Å². The molecular weight excluding hydrogens is 783 g/mol. The maximum atomic E-state index is 11.0. The molecule has 0 saturated heterocycles. The SMILES string of the molecule is Cc1ccc(C)c(N(c2ccc3cc4c(cc3c2)oc2cc3oc5cc6cc(N(c7cc(C)ccc7C)c7cc(C)ccc7C)ccc6cc5c3c(C#N)c24)c2cc(C)ccc2C)c1. The molecule has 0 unspecified atom stereocenters. The number of anilines is 6. The third-order valence-electron chi connectivity index (χ3n) is 13.1. The zero-order valence-corrected chi connectivity index (χ0v) is 37.4. The fourth-order valence-corrected chi connectivity index (χ4v) is 9.70. The van der Waals surface area contributed by atoms with Crippen molar-refractivity contribution in [2.45, 2.75) is 55.4 Å². The van der Waals surface area contributed by atoms with Crippen molar-refractivity contribution in [2.75, 3.05) is 9.80 Å². The Hall–Kier alpha value is -7.81. The third kappa shape index (κ3) is 6.28. The van der Waals surface area contributed by atoms with Gasteiger partial charge in [0.15, 0.2) is 0 Å². The number of furan rings is 2. The monoisotopic (exact) mass is 829 g/mol. The zero-order valence-electron chi connectivity index (χ0n) is 37.4. The van der Waals surface area contributed by atoms with Crippen LogP contribution in [0.2, 0.25) is 0 Å². The van der Waals surface area contributed by atoms with Crippen molar-refractivity contribution >= 4 is 99.5 Å². The number of hydrogen-bond acceptors (Lipinski definition) is 5. The van der Waals surface area contributed by atoms with E-state index in [4.69, 9.17) is 8.83 Å². The van der Waals surface area contributed by atoms with Gasteiger partial charge in [0.2, 0.25) is 0 Å². The lowest BCUT2D eigenvalue weighted by Crippen LogP contribution is -2.13. The number of benzene rings is 9. The summed E-state index contributed by atoms with van der Waals surface area (Å²) in [5, 5.41) is 18.6. The van der Waals surface area contributed by atoms with E-state index in [9.17, 15) is 5.26 Å². The first kappa shape index (κ1) is 39.1. The minimum absolute atomic E-state index is 0.559. The smallest absolute Gasteiger partial charge is 0.140 e. The second-order valence-electron chi connectivity index (χ2n) is 17.9. The molecule has 310 valence electrons. The van der Waals surface area contributed by atoms with E-state index in [0.717, 1.165) is 88.4 Å². The first-order valence-electron chi connectivity index (χ1n) is 21.9. The molecule has 0 aliphatic heterocycles. The third-order valence-corrected chi connectivity index (χ3v) is 13.1. The molecule has 2 heterocycles. The van der Waals surface area contributed by atoms with Gasteiger partial charge >= 0.3 is 0 Å². The fourth-order valence-electron chi connectivity index (χ4n) is 9.70. The molecule has 0 saturated carbocycles. The summed E-state index contributed by atoms with van der Waals surface area (Å²) >= 11 is 0. The first-order chi connectivity index (χ1) is 30.9. The van der Waals surface area contributed by atoms with E-state index in [1.165, 1.54) is 44.5 Å². The lowest BCUT2D eigenvalue weighted by atomic mass is 9.98. The Balaban J connectivity index is 1.05. The van der Waals surface area contributed by atoms with Crippen LogP contribution in [-0.2, 0) is 0 Å². The van der Waals surface area contributed by atoms with Crippen molar-refractivity contribution in [1.82, 2.24) is 0 Å². The Morgan fingerprint density at radius 2 is 0.719 bits per heavy atom. The predicted molar refractivity (Wildman–Crippen MR) is 268 cm³/mol. The molecule has 0 radical (unpaired) electrons. The normalized spacial score (nSPS) is 11.7. The molecule has 9 aromatic carbocycles. The highest BCUT2D eigenvalue weighted by atomic mass is 16.3. The molecule has 0 atom stereocenters. The van der Waals surface area contributed by atoms with Gasteiger partial charge in [0.05, 0.1) is 5.56 Å². The molecular formula is C59H47N3O2. The second kappa shape index (κ2) is 14.6. The summed E-state index contributed by atoms with van der Waals surface area (Å²) in [5.74, 6) is 0. The Bertz CT molecular complexity index is 3460. The van der Waals surface area contributed by atoms with Gasteiger partial charge in [-0.15, -0.1) is 0 Å². The number of aryl methyl sites for hydroxylation is 8. The van der Waals surface area contributed by atoms with Crippen molar-refractivity contribution in [3.63, 3.8) is 0 Å². The molecule has 0 N–H and O–H groups in total. The molecule has 0 fully saturated rings. The lowest BCUT2D eigenvalue weighted by molar-refractivity contribution is 0.656. The van der Waals surface area contributed by atoms with Crippen molar-refractivity contribution in [3.05, 3.63) is 190 Å². The number of rotatable bonds is 6.